The van der Waals surface area contributed by atoms with E-state index in [-0.39, 0.29) is 0 Å². The molecule has 1 saturated carbocycles. The van der Waals surface area contributed by atoms with Gasteiger partial charge in [-0.2, -0.15) is 0 Å². The van der Waals surface area contributed by atoms with Gasteiger partial charge in [-0.25, -0.2) is 8.42 Å². The Morgan fingerprint density at radius 1 is 1.24 bits per heavy atom. The van der Waals surface area contributed by atoms with Gasteiger partial charge in [0, 0.05) is 0 Å². The van der Waals surface area contributed by atoms with Crippen LogP contribution in [0.5, 0.6) is 0 Å². The van der Waals surface area contributed by atoms with Crippen LogP contribution in [0.15, 0.2) is 34.2 Å². The highest BCUT2D eigenvalue weighted by atomic mass is 32.2. The lowest BCUT2D eigenvalue weighted by Gasteiger charge is -2.37. The summed E-state index contributed by atoms with van der Waals surface area (Å²) in [5.41, 5.74) is 1.06. The van der Waals surface area contributed by atoms with E-state index in [0.717, 1.165) is 12.0 Å². The summed E-state index contributed by atoms with van der Waals surface area (Å²) in [5.74, 6) is 0. The zero-order valence-corrected chi connectivity index (χ0v) is 11.0. The Balaban J connectivity index is 2.45. The monoisotopic (exact) mass is 251 g/mol. The number of aliphatic imine (C=N–C) groups is 1. The Labute approximate surface area is 103 Å². The van der Waals surface area contributed by atoms with Gasteiger partial charge < -0.3 is 0 Å². The predicted molar refractivity (Wildman–Crippen MR) is 69.1 cm³/mol. The van der Waals surface area contributed by atoms with Gasteiger partial charge in [0.05, 0.1) is 4.90 Å². The molecular weight excluding hydrogens is 234 g/mol. The fourth-order valence-electron chi connectivity index (χ4n) is 2.12. The van der Waals surface area contributed by atoms with Gasteiger partial charge in [-0.1, -0.05) is 17.7 Å². The van der Waals surface area contributed by atoms with E-state index in [1.807, 2.05) is 19.1 Å². The van der Waals surface area contributed by atoms with Crippen molar-refractivity contribution in [1.82, 2.24) is 0 Å². The normalized spacial score (nSPS) is 19.2. The first-order chi connectivity index (χ1) is 8.02. The number of nitrogens with zero attached hydrogens (tertiary/aromatic N) is 1. The predicted octanol–water partition coefficient (Wildman–Crippen LogP) is 2.74. The summed E-state index contributed by atoms with van der Waals surface area (Å²) in [6.45, 7) is 3.71. The third kappa shape index (κ3) is 1.90. The highest BCUT2D eigenvalue weighted by molar-refractivity contribution is 7.92. The molecular formula is C13H17NO2S. The van der Waals surface area contributed by atoms with Crippen LogP contribution in [0.2, 0.25) is 0 Å². The van der Waals surface area contributed by atoms with E-state index in [0.29, 0.717) is 17.7 Å². The van der Waals surface area contributed by atoms with Gasteiger partial charge in [0.2, 0.25) is 9.84 Å². The summed E-state index contributed by atoms with van der Waals surface area (Å²) in [6, 6.07) is 7.01. The molecule has 0 atom stereocenters. The Morgan fingerprint density at radius 3 is 2.24 bits per heavy atom. The van der Waals surface area contributed by atoms with Crippen molar-refractivity contribution < 1.29 is 8.42 Å². The van der Waals surface area contributed by atoms with Crippen molar-refractivity contribution in [3.05, 3.63) is 29.8 Å². The molecule has 0 aliphatic heterocycles. The van der Waals surface area contributed by atoms with Gasteiger partial charge in [0.15, 0.2) is 4.87 Å². The van der Waals surface area contributed by atoms with E-state index in [1.54, 1.807) is 25.3 Å². The van der Waals surface area contributed by atoms with Crippen LogP contribution in [0.25, 0.3) is 0 Å². The lowest BCUT2D eigenvalue weighted by atomic mass is 9.93. The lowest BCUT2D eigenvalue weighted by Crippen LogP contribution is -2.43. The van der Waals surface area contributed by atoms with Crippen molar-refractivity contribution in [3.8, 4) is 0 Å². The van der Waals surface area contributed by atoms with E-state index < -0.39 is 14.7 Å². The SMILES string of the molecule is CC=NC1(S(=O)(=O)c2ccc(C)cc2)CCC1. The van der Waals surface area contributed by atoms with Gasteiger partial charge in [-0.05, 0) is 51.5 Å². The molecule has 92 valence electrons. The molecule has 4 heteroatoms. The number of hydrogen-bond acceptors (Lipinski definition) is 3. The third-order valence-electron chi connectivity index (χ3n) is 3.33. The second-order valence-corrected chi connectivity index (χ2v) is 6.74. The number of aryl methyl sites for hydroxylation is 1. The van der Waals surface area contributed by atoms with E-state index in [4.69, 9.17) is 0 Å². The van der Waals surface area contributed by atoms with Crippen molar-refractivity contribution in [2.75, 3.05) is 0 Å². The molecule has 17 heavy (non-hydrogen) atoms. The standard InChI is InChI=1S/C13H17NO2S/c1-3-14-13(9-4-10-13)17(15,16)12-7-5-11(2)6-8-12/h3,5-8H,4,9-10H2,1-2H3. The largest absolute Gasteiger partial charge is 0.275 e. The number of benzene rings is 1. The summed E-state index contributed by atoms with van der Waals surface area (Å²) in [5, 5.41) is 0. The molecule has 0 saturated heterocycles. The number of sulfone groups is 1. The van der Waals surface area contributed by atoms with Gasteiger partial charge >= 0.3 is 0 Å². The maximum atomic E-state index is 12.5. The van der Waals surface area contributed by atoms with Crippen LogP contribution in [0.3, 0.4) is 0 Å². The van der Waals surface area contributed by atoms with E-state index in [1.165, 1.54) is 0 Å². The molecule has 0 spiro atoms. The van der Waals surface area contributed by atoms with Crippen molar-refractivity contribution in [1.29, 1.82) is 0 Å². The molecule has 0 aromatic heterocycles. The molecule has 0 heterocycles. The van der Waals surface area contributed by atoms with Gasteiger partial charge in [-0.15, -0.1) is 0 Å². The average molecular weight is 251 g/mol. The first-order valence-electron chi connectivity index (χ1n) is 5.83. The zero-order valence-electron chi connectivity index (χ0n) is 10.2. The molecule has 0 radical (unpaired) electrons. The lowest BCUT2D eigenvalue weighted by molar-refractivity contribution is 0.350. The topological polar surface area (TPSA) is 46.5 Å². The molecule has 0 unspecified atom stereocenters. The van der Waals surface area contributed by atoms with E-state index >= 15 is 0 Å². The number of rotatable bonds is 3. The summed E-state index contributed by atoms with van der Waals surface area (Å²) >= 11 is 0. The minimum atomic E-state index is -3.34. The third-order valence-corrected chi connectivity index (χ3v) is 5.74. The molecule has 1 aliphatic rings. The Bertz CT molecular complexity index is 525. The minimum Gasteiger partial charge on any atom is -0.275 e. The van der Waals surface area contributed by atoms with Crippen LogP contribution in [0.1, 0.15) is 31.7 Å². The molecule has 2 rings (SSSR count). The molecule has 0 N–H and O–H groups in total. The zero-order chi connectivity index (χ0) is 12.5. The molecule has 1 aromatic rings. The van der Waals surface area contributed by atoms with E-state index in [2.05, 4.69) is 4.99 Å². The molecule has 3 nitrogen and oxygen atoms in total. The summed E-state index contributed by atoms with van der Waals surface area (Å²) in [7, 11) is -3.34. The maximum absolute atomic E-state index is 12.5. The quantitative estimate of drug-likeness (QED) is 0.775. The highest BCUT2D eigenvalue weighted by Gasteiger charge is 2.49. The van der Waals surface area contributed by atoms with Gasteiger partial charge in [0.25, 0.3) is 0 Å². The molecule has 0 amide bonds. The van der Waals surface area contributed by atoms with Crippen LogP contribution < -0.4 is 0 Å². The minimum absolute atomic E-state index is 0.383. The molecule has 0 bridgehead atoms. The van der Waals surface area contributed by atoms with Crippen molar-refractivity contribution >= 4 is 16.1 Å². The van der Waals surface area contributed by atoms with Crippen LogP contribution in [-0.4, -0.2) is 19.5 Å². The van der Waals surface area contributed by atoms with Gasteiger partial charge in [0.1, 0.15) is 0 Å². The Kier molecular flexibility index (Phi) is 3.08. The molecule has 1 aliphatic carbocycles. The van der Waals surface area contributed by atoms with Crippen LogP contribution >= 0.6 is 0 Å². The molecule has 1 aromatic carbocycles. The fraction of sp³-hybridized carbons (Fsp3) is 0.462. The second-order valence-electron chi connectivity index (χ2n) is 4.50. The maximum Gasteiger partial charge on any atom is 0.204 e. The Hall–Kier alpha value is -1.16. The fourth-order valence-corrected chi connectivity index (χ4v) is 4.12. The van der Waals surface area contributed by atoms with Crippen molar-refractivity contribution in [3.63, 3.8) is 0 Å². The first kappa shape index (κ1) is 12.3. The first-order valence-corrected chi connectivity index (χ1v) is 7.31. The van der Waals surface area contributed by atoms with E-state index in [9.17, 15) is 8.42 Å². The second kappa shape index (κ2) is 4.26. The summed E-state index contributed by atoms with van der Waals surface area (Å²) in [6.07, 6.45) is 3.80. The van der Waals surface area contributed by atoms with Crippen LogP contribution in [0, 0.1) is 6.92 Å². The summed E-state index contributed by atoms with van der Waals surface area (Å²) in [4.78, 5) is 3.71. The van der Waals surface area contributed by atoms with Crippen LogP contribution in [0.4, 0.5) is 0 Å². The van der Waals surface area contributed by atoms with Crippen LogP contribution in [-0.2, 0) is 9.84 Å². The average Bonchev–Trinajstić information content (AvgIpc) is 2.23. The molecule has 1 fully saturated rings. The smallest absolute Gasteiger partial charge is 0.204 e. The highest BCUT2D eigenvalue weighted by Crippen LogP contribution is 2.43. The number of hydrogen-bond donors (Lipinski definition) is 0. The van der Waals surface area contributed by atoms with Gasteiger partial charge in [-0.3, -0.25) is 4.99 Å². The summed E-state index contributed by atoms with van der Waals surface area (Å²) < 4.78 is 25.0. The Morgan fingerprint density at radius 2 is 1.82 bits per heavy atom. The van der Waals surface area contributed by atoms with Crippen molar-refractivity contribution in [2.45, 2.75) is 42.9 Å². The van der Waals surface area contributed by atoms with Crippen molar-refractivity contribution in [2.24, 2.45) is 4.99 Å².